The van der Waals surface area contributed by atoms with E-state index >= 15 is 0 Å². The maximum absolute atomic E-state index is 12.1. The first-order valence-electron chi connectivity index (χ1n) is 9.16. The van der Waals surface area contributed by atoms with Crippen LogP contribution in [0.1, 0.15) is 23.2 Å². The number of methoxy groups -OCH3 is 1. The molecule has 1 fully saturated rings. The molecule has 0 aromatic heterocycles. The van der Waals surface area contributed by atoms with Crippen molar-refractivity contribution in [3.63, 3.8) is 0 Å². The molecular weight excluding hydrogens is 342 g/mol. The topological polar surface area (TPSA) is 70.7 Å². The number of nitrogens with zero attached hydrogens (tertiary/aromatic N) is 1. The fourth-order valence-corrected chi connectivity index (χ4v) is 3.16. The fourth-order valence-electron chi connectivity index (χ4n) is 3.16. The van der Waals surface area contributed by atoms with Crippen LogP contribution in [0.5, 0.6) is 0 Å². The van der Waals surface area contributed by atoms with Crippen molar-refractivity contribution >= 4 is 23.2 Å². The Kier molecular flexibility index (Phi) is 6.44. The van der Waals surface area contributed by atoms with Gasteiger partial charge < -0.3 is 20.3 Å². The molecule has 0 bridgehead atoms. The summed E-state index contributed by atoms with van der Waals surface area (Å²) in [4.78, 5) is 26.3. The Bertz CT molecular complexity index is 754. The Balaban J connectivity index is 1.46. The van der Waals surface area contributed by atoms with Crippen LogP contribution in [0.2, 0.25) is 0 Å². The molecule has 6 nitrogen and oxygen atoms in total. The molecule has 1 heterocycles. The van der Waals surface area contributed by atoms with Gasteiger partial charge >= 0.3 is 0 Å². The van der Waals surface area contributed by atoms with E-state index < -0.39 is 0 Å². The molecule has 2 aromatic rings. The lowest BCUT2D eigenvalue weighted by molar-refractivity contribution is -0.115. The summed E-state index contributed by atoms with van der Waals surface area (Å²) in [6.07, 6.45) is 2.40. The predicted molar refractivity (Wildman–Crippen MR) is 106 cm³/mol. The number of carbonyl (C=O) groups excluding carboxylic acids is 2. The largest absolute Gasteiger partial charge is 0.381 e. The van der Waals surface area contributed by atoms with Gasteiger partial charge in [0.25, 0.3) is 5.91 Å². The van der Waals surface area contributed by atoms with Crippen LogP contribution >= 0.6 is 0 Å². The average Bonchev–Trinajstić information content (AvgIpc) is 2.73. The molecule has 1 saturated heterocycles. The van der Waals surface area contributed by atoms with E-state index in [1.807, 2.05) is 30.3 Å². The summed E-state index contributed by atoms with van der Waals surface area (Å²) >= 11 is 0. The Hall–Kier alpha value is -2.86. The van der Waals surface area contributed by atoms with Crippen LogP contribution in [0.15, 0.2) is 54.6 Å². The molecule has 3 rings (SSSR count). The van der Waals surface area contributed by atoms with Gasteiger partial charge in [-0.15, -0.1) is 0 Å². The van der Waals surface area contributed by atoms with E-state index in [9.17, 15) is 9.59 Å². The van der Waals surface area contributed by atoms with E-state index in [1.165, 1.54) is 0 Å². The van der Waals surface area contributed by atoms with E-state index in [0.717, 1.165) is 31.6 Å². The standard InChI is InChI=1S/C21H25N3O3/c1-27-19-11-13-24(14-12-19)18-9-7-17(8-10-18)23-20(25)15-22-21(26)16-5-3-2-4-6-16/h2-10,19H,11-15H2,1H3,(H,22,26)(H,23,25). The zero-order chi connectivity index (χ0) is 19.1. The van der Waals surface area contributed by atoms with Crippen LogP contribution in [0.4, 0.5) is 11.4 Å². The van der Waals surface area contributed by atoms with Gasteiger partial charge in [0, 0.05) is 37.1 Å². The zero-order valence-corrected chi connectivity index (χ0v) is 15.5. The van der Waals surface area contributed by atoms with Crippen molar-refractivity contribution in [1.82, 2.24) is 5.32 Å². The second kappa shape index (κ2) is 9.19. The Labute approximate surface area is 159 Å². The first kappa shape index (κ1) is 18.9. The second-order valence-corrected chi connectivity index (χ2v) is 6.57. The SMILES string of the molecule is COC1CCN(c2ccc(NC(=O)CNC(=O)c3ccccc3)cc2)CC1. The molecule has 1 aliphatic rings. The number of rotatable bonds is 6. The van der Waals surface area contributed by atoms with Crippen LogP contribution in [-0.2, 0) is 9.53 Å². The quantitative estimate of drug-likeness (QED) is 0.824. The van der Waals surface area contributed by atoms with Crippen molar-refractivity contribution in [2.75, 3.05) is 37.0 Å². The van der Waals surface area contributed by atoms with Crippen molar-refractivity contribution in [3.8, 4) is 0 Å². The number of hydrogen-bond acceptors (Lipinski definition) is 4. The highest BCUT2D eigenvalue weighted by Gasteiger charge is 2.18. The Morgan fingerprint density at radius 3 is 2.33 bits per heavy atom. The lowest BCUT2D eigenvalue weighted by Crippen LogP contribution is -2.36. The predicted octanol–water partition coefficient (Wildman–Crippen LogP) is 2.67. The van der Waals surface area contributed by atoms with Crippen molar-refractivity contribution < 1.29 is 14.3 Å². The van der Waals surface area contributed by atoms with Gasteiger partial charge in [0.1, 0.15) is 0 Å². The third-order valence-electron chi connectivity index (χ3n) is 4.74. The third kappa shape index (κ3) is 5.31. The molecule has 2 aromatic carbocycles. The molecule has 0 unspecified atom stereocenters. The van der Waals surface area contributed by atoms with Crippen molar-refractivity contribution in [2.24, 2.45) is 0 Å². The van der Waals surface area contributed by atoms with Gasteiger partial charge in [-0.25, -0.2) is 0 Å². The minimum Gasteiger partial charge on any atom is -0.381 e. The number of piperidine rings is 1. The van der Waals surface area contributed by atoms with Gasteiger partial charge in [-0.05, 0) is 49.2 Å². The van der Waals surface area contributed by atoms with Crippen molar-refractivity contribution in [2.45, 2.75) is 18.9 Å². The summed E-state index contributed by atoms with van der Waals surface area (Å²) in [5, 5.41) is 5.42. The van der Waals surface area contributed by atoms with Crippen molar-refractivity contribution in [1.29, 1.82) is 0 Å². The van der Waals surface area contributed by atoms with Gasteiger partial charge in [-0.3, -0.25) is 9.59 Å². The fraction of sp³-hybridized carbons (Fsp3) is 0.333. The molecule has 1 aliphatic heterocycles. The number of benzene rings is 2. The number of ether oxygens (including phenoxy) is 1. The van der Waals surface area contributed by atoms with Gasteiger partial charge in [-0.2, -0.15) is 0 Å². The van der Waals surface area contributed by atoms with Crippen LogP contribution in [0.25, 0.3) is 0 Å². The van der Waals surface area contributed by atoms with E-state index in [1.54, 1.807) is 31.4 Å². The number of anilines is 2. The zero-order valence-electron chi connectivity index (χ0n) is 15.5. The van der Waals surface area contributed by atoms with E-state index in [2.05, 4.69) is 15.5 Å². The average molecular weight is 367 g/mol. The normalized spacial score (nSPS) is 14.6. The number of carbonyl (C=O) groups is 2. The van der Waals surface area contributed by atoms with Crippen LogP contribution in [0, 0.1) is 0 Å². The molecule has 27 heavy (non-hydrogen) atoms. The molecule has 0 aliphatic carbocycles. The molecule has 142 valence electrons. The summed E-state index contributed by atoms with van der Waals surface area (Å²) < 4.78 is 5.40. The molecule has 0 atom stereocenters. The van der Waals surface area contributed by atoms with E-state index in [4.69, 9.17) is 4.74 Å². The molecule has 6 heteroatoms. The number of nitrogens with one attached hydrogen (secondary N) is 2. The van der Waals surface area contributed by atoms with Crippen LogP contribution < -0.4 is 15.5 Å². The smallest absolute Gasteiger partial charge is 0.251 e. The molecule has 0 saturated carbocycles. The summed E-state index contributed by atoms with van der Waals surface area (Å²) in [5.74, 6) is -0.520. The molecular formula is C21H25N3O3. The monoisotopic (exact) mass is 367 g/mol. The number of hydrogen-bond donors (Lipinski definition) is 2. The van der Waals surface area contributed by atoms with Crippen LogP contribution in [0.3, 0.4) is 0 Å². The van der Waals surface area contributed by atoms with Gasteiger partial charge in [-0.1, -0.05) is 18.2 Å². The maximum Gasteiger partial charge on any atom is 0.251 e. The highest BCUT2D eigenvalue weighted by atomic mass is 16.5. The minimum absolute atomic E-state index is 0.0694. The lowest BCUT2D eigenvalue weighted by atomic mass is 10.1. The highest BCUT2D eigenvalue weighted by molar-refractivity contribution is 5.99. The van der Waals surface area contributed by atoms with E-state index in [-0.39, 0.29) is 18.4 Å². The number of amides is 2. The Morgan fingerprint density at radius 2 is 1.70 bits per heavy atom. The summed E-state index contributed by atoms with van der Waals surface area (Å²) in [6, 6.07) is 16.6. The van der Waals surface area contributed by atoms with E-state index in [0.29, 0.717) is 17.4 Å². The maximum atomic E-state index is 12.1. The van der Waals surface area contributed by atoms with Gasteiger partial charge in [0.2, 0.25) is 5.91 Å². The molecule has 2 N–H and O–H groups in total. The molecule has 0 radical (unpaired) electrons. The summed E-state index contributed by atoms with van der Waals surface area (Å²) in [5.41, 5.74) is 2.39. The molecule has 0 spiro atoms. The first-order chi connectivity index (χ1) is 13.2. The second-order valence-electron chi connectivity index (χ2n) is 6.57. The minimum atomic E-state index is -0.263. The Morgan fingerprint density at radius 1 is 1.04 bits per heavy atom. The third-order valence-corrected chi connectivity index (χ3v) is 4.74. The lowest BCUT2D eigenvalue weighted by Gasteiger charge is -2.33. The van der Waals surface area contributed by atoms with Gasteiger partial charge in [0.15, 0.2) is 0 Å². The first-order valence-corrected chi connectivity index (χ1v) is 9.16. The van der Waals surface area contributed by atoms with Crippen molar-refractivity contribution in [3.05, 3.63) is 60.2 Å². The molecule has 2 amide bonds. The highest BCUT2D eigenvalue weighted by Crippen LogP contribution is 2.22. The van der Waals surface area contributed by atoms with Gasteiger partial charge in [0.05, 0.1) is 12.6 Å². The summed E-state index contributed by atoms with van der Waals surface area (Å²) in [7, 11) is 1.76. The van der Waals surface area contributed by atoms with Crippen LogP contribution in [-0.4, -0.2) is 44.7 Å². The summed E-state index contributed by atoms with van der Waals surface area (Å²) in [6.45, 7) is 1.87.